The molecule has 0 spiro atoms. The molecule has 1 saturated heterocycles. The van der Waals surface area contributed by atoms with Crippen molar-refractivity contribution in [1.82, 2.24) is 14.8 Å². The van der Waals surface area contributed by atoms with Crippen LogP contribution in [0.1, 0.15) is 6.23 Å². The smallest absolute Gasteiger partial charge is 0.387 e. The number of hydrogen-bond donors (Lipinski definition) is 6. The fourth-order valence-corrected chi connectivity index (χ4v) is 5.37. The summed E-state index contributed by atoms with van der Waals surface area (Å²) in [6.45, 7) is -3.29. The number of alkyl halides is 2. The van der Waals surface area contributed by atoms with Gasteiger partial charge < -0.3 is 29.4 Å². The molecular formula is C9H14F2N3O14P3. The van der Waals surface area contributed by atoms with Gasteiger partial charge in [-0.3, -0.25) is 14.3 Å². The van der Waals surface area contributed by atoms with Crippen LogP contribution in [-0.2, 0) is 31.6 Å². The number of phosphoric acid groups is 3. The second kappa shape index (κ2) is 8.97. The number of aliphatic hydroxyl groups is 1. The lowest BCUT2D eigenvalue weighted by Crippen LogP contribution is -2.48. The molecule has 1 aromatic rings. The number of phosphoric ester groups is 1. The monoisotopic (exact) mass is 519 g/mol. The zero-order chi connectivity index (χ0) is 23.8. The fourth-order valence-electron chi connectivity index (χ4n) is 2.34. The molecule has 1 aromatic heterocycles. The van der Waals surface area contributed by atoms with Crippen LogP contribution >= 0.6 is 23.5 Å². The van der Waals surface area contributed by atoms with E-state index in [0.717, 1.165) is 0 Å². The second-order valence-electron chi connectivity index (χ2n) is 5.80. The van der Waals surface area contributed by atoms with Crippen molar-refractivity contribution in [2.75, 3.05) is 13.3 Å². The van der Waals surface area contributed by atoms with Crippen LogP contribution in [0.5, 0.6) is 0 Å². The maximum atomic E-state index is 14.9. The van der Waals surface area contributed by atoms with Crippen LogP contribution in [0, 0.1) is 0 Å². The van der Waals surface area contributed by atoms with E-state index in [1.807, 2.05) is 0 Å². The Kier molecular flexibility index (Phi) is 7.54. The molecule has 1 aliphatic heterocycles. The molecule has 1 fully saturated rings. The number of H-pyrrole nitrogens is 1. The highest BCUT2D eigenvalue weighted by molar-refractivity contribution is 7.66. The Labute approximate surface area is 168 Å². The molecule has 3 unspecified atom stereocenters. The van der Waals surface area contributed by atoms with E-state index in [9.17, 15) is 42.1 Å². The molecule has 6 N–H and O–H groups in total. The first kappa shape index (κ1) is 26.1. The number of aromatic nitrogens is 3. The zero-order valence-corrected chi connectivity index (χ0v) is 17.3. The molecular weight excluding hydrogens is 505 g/mol. The molecule has 0 aliphatic carbocycles. The highest BCUT2D eigenvalue weighted by Crippen LogP contribution is 2.66. The van der Waals surface area contributed by atoms with Gasteiger partial charge in [0.2, 0.25) is 5.67 Å². The summed E-state index contributed by atoms with van der Waals surface area (Å²) >= 11 is 0. The molecule has 178 valence electrons. The predicted molar refractivity (Wildman–Crippen MR) is 88.7 cm³/mol. The van der Waals surface area contributed by atoms with Crippen LogP contribution in [0.2, 0.25) is 0 Å². The van der Waals surface area contributed by atoms with Gasteiger partial charge in [0.15, 0.2) is 6.23 Å². The second-order valence-corrected chi connectivity index (χ2v) is 10.2. The van der Waals surface area contributed by atoms with E-state index in [-0.39, 0.29) is 4.68 Å². The Morgan fingerprint density at radius 3 is 2.32 bits per heavy atom. The SMILES string of the molecule is O=c1cnn([C@@H]2O[C@H](COP(=O)(O)OP(=O)(O)OP(=O)(O)O)[C@H](O)C2(F)CF)c(=O)[nH]1. The molecule has 2 rings (SSSR count). The van der Waals surface area contributed by atoms with Gasteiger partial charge in [0, 0.05) is 0 Å². The van der Waals surface area contributed by atoms with Crippen molar-refractivity contribution in [1.29, 1.82) is 0 Å². The number of nitrogens with zero attached hydrogens (tertiary/aromatic N) is 2. The minimum Gasteiger partial charge on any atom is -0.387 e. The van der Waals surface area contributed by atoms with Crippen LogP contribution in [0.25, 0.3) is 0 Å². The van der Waals surface area contributed by atoms with Gasteiger partial charge in [-0.05, 0) is 0 Å². The summed E-state index contributed by atoms with van der Waals surface area (Å²) < 4.78 is 77.9. The van der Waals surface area contributed by atoms with E-state index in [0.29, 0.717) is 6.20 Å². The molecule has 0 amide bonds. The number of aliphatic hydroxyl groups excluding tert-OH is 1. The number of ether oxygens (including phenoxy) is 1. The zero-order valence-electron chi connectivity index (χ0n) is 14.6. The number of rotatable bonds is 9. The standard InChI is InChI=1S/C9H14F2N3O14P3/c10-3-9(11)6(16)4(26-7(9)14-8(17)13-5(15)1-12-14)2-25-30(21,22)28-31(23,24)27-29(18,19)20/h1,4,6-7,16H,2-3H2,(H,21,22)(H,23,24)(H,13,15,17)(H2,18,19,20)/t4-,6+,7-,9?/m1/s1. The van der Waals surface area contributed by atoms with Crippen LogP contribution in [0.3, 0.4) is 0 Å². The Morgan fingerprint density at radius 1 is 1.19 bits per heavy atom. The van der Waals surface area contributed by atoms with Gasteiger partial charge >= 0.3 is 29.2 Å². The molecule has 0 saturated carbocycles. The lowest BCUT2D eigenvalue weighted by molar-refractivity contribution is -0.0806. The van der Waals surface area contributed by atoms with Crippen molar-refractivity contribution >= 4 is 23.5 Å². The maximum absolute atomic E-state index is 14.9. The average molecular weight is 519 g/mol. The Hall–Kier alpha value is -1.20. The first-order valence-corrected chi connectivity index (χ1v) is 12.1. The van der Waals surface area contributed by atoms with Crippen molar-refractivity contribution in [2.45, 2.75) is 24.1 Å². The molecule has 2 heterocycles. The van der Waals surface area contributed by atoms with Gasteiger partial charge in [-0.25, -0.2) is 27.3 Å². The minimum absolute atomic E-state index is 0.134. The van der Waals surface area contributed by atoms with E-state index in [2.05, 4.69) is 18.2 Å². The van der Waals surface area contributed by atoms with E-state index in [1.165, 1.54) is 0 Å². The number of hydrogen-bond acceptors (Lipinski definition) is 11. The minimum atomic E-state index is -5.84. The highest BCUT2D eigenvalue weighted by atomic mass is 31.3. The molecule has 31 heavy (non-hydrogen) atoms. The summed E-state index contributed by atoms with van der Waals surface area (Å²) in [6.07, 6.45) is -6.24. The van der Waals surface area contributed by atoms with E-state index < -0.39 is 72.1 Å². The molecule has 22 heteroatoms. The normalized spacial score (nSPS) is 30.6. The van der Waals surface area contributed by atoms with Crippen LogP contribution in [0.4, 0.5) is 8.78 Å². The van der Waals surface area contributed by atoms with Gasteiger partial charge in [0.25, 0.3) is 5.56 Å². The fraction of sp³-hybridized carbons (Fsp3) is 0.667. The summed E-state index contributed by atoms with van der Waals surface area (Å²) in [4.78, 5) is 59.7. The average Bonchev–Trinajstić information content (AvgIpc) is 2.82. The van der Waals surface area contributed by atoms with Crippen molar-refractivity contribution in [3.8, 4) is 0 Å². The van der Waals surface area contributed by atoms with Gasteiger partial charge in [-0.1, -0.05) is 0 Å². The molecule has 1 aliphatic rings. The Bertz CT molecular complexity index is 1070. The third-order valence-electron chi connectivity index (χ3n) is 3.54. The van der Waals surface area contributed by atoms with Crippen molar-refractivity contribution in [3.63, 3.8) is 0 Å². The van der Waals surface area contributed by atoms with Crippen LogP contribution < -0.4 is 11.2 Å². The Balaban J connectivity index is 2.18. The first-order valence-electron chi connectivity index (χ1n) is 7.54. The predicted octanol–water partition coefficient (Wildman–Crippen LogP) is -1.79. The lowest BCUT2D eigenvalue weighted by Gasteiger charge is -2.25. The van der Waals surface area contributed by atoms with Crippen LogP contribution in [-0.4, -0.2) is 70.6 Å². The van der Waals surface area contributed by atoms with Crippen molar-refractivity contribution in [3.05, 3.63) is 27.0 Å². The highest BCUT2D eigenvalue weighted by Gasteiger charge is 2.60. The van der Waals surface area contributed by atoms with Gasteiger partial charge in [-0.15, -0.1) is 0 Å². The summed E-state index contributed by atoms with van der Waals surface area (Å²) in [5.74, 6) is 0. The third kappa shape index (κ3) is 6.41. The summed E-state index contributed by atoms with van der Waals surface area (Å²) in [5.41, 5.74) is -5.71. The van der Waals surface area contributed by atoms with Crippen molar-refractivity contribution in [2.24, 2.45) is 0 Å². The third-order valence-corrected chi connectivity index (χ3v) is 7.34. The summed E-state index contributed by atoms with van der Waals surface area (Å²) in [5, 5.41) is 13.2. The molecule has 0 radical (unpaired) electrons. The molecule has 0 bridgehead atoms. The van der Waals surface area contributed by atoms with Gasteiger partial charge in [0.05, 0.1) is 6.61 Å². The maximum Gasteiger partial charge on any atom is 0.490 e. The van der Waals surface area contributed by atoms with Gasteiger partial charge in [0.1, 0.15) is 25.1 Å². The quantitative estimate of drug-likeness (QED) is 0.197. The first-order chi connectivity index (χ1) is 14.0. The summed E-state index contributed by atoms with van der Waals surface area (Å²) in [6, 6.07) is 0. The number of halogens is 2. The topological polar surface area (TPSA) is 257 Å². The Morgan fingerprint density at radius 2 is 1.81 bits per heavy atom. The molecule has 6 atom stereocenters. The lowest BCUT2D eigenvalue weighted by atomic mass is 9.98. The van der Waals surface area contributed by atoms with E-state index >= 15 is 0 Å². The van der Waals surface area contributed by atoms with E-state index in [1.54, 1.807) is 4.98 Å². The number of aromatic amines is 1. The number of nitrogens with one attached hydrogen (secondary N) is 1. The summed E-state index contributed by atoms with van der Waals surface area (Å²) in [7, 11) is -17.1. The van der Waals surface area contributed by atoms with Crippen LogP contribution in [0.15, 0.2) is 15.8 Å². The largest absolute Gasteiger partial charge is 0.490 e. The molecule has 17 nitrogen and oxygen atoms in total. The van der Waals surface area contributed by atoms with Gasteiger partial charge in [-0.2, -0.15) is 18.4 Å². The molecule has 0 aromatic carbocycles. The van der Waals surface area contributed by atoms with Crippen molar-refractivity contribution < 1.29 is 65.0 Å². The van der Waals surface area contributed by atoms with E-state index in [4.69, 9.17) is 19.4 Å².